The Morgan fingerprint density at radius 2 is 1.94 bits per heavy atom. The third kappa shape index (κ3) is 3.65. The van der Waals surface area contributed by atoms with Crippen molar-refractivity contribution in [2.45, 2.75) is 39.2 Å². The molecule has 0 aromatic heterocycles. The number of Topliss-reactive ketones (excluding diaryl/α,β-unsaturated/α-hetero) is 1. The molecule has 3 heteroatoms. The number of carbonyl (C=O) groups excluding carboxylic acids is 1. The van der Waals surface area contributed by atoms with Crippen molar-refractivity contribution in [3.8, 4) is 5.75 Å². The second kappa shape index (κ2) is 6.26. The molecule has 16 heavy (non-hydrogen) atoms. The van der Waals surface area contributed by atoms with Gasteiger partial charge in [0.2, 0.25) is 0 Å². The number of halogens is 1. The van der Waals surface area contributed by atoms with E-state index in [0.29, 0.717) is 18.6 Å². The van der Waals surface area contributed by atoms with Crippen LogP contribution in [0.4, 0.5) is 4.39 Å². The SMILES string of the molecule is CCCC(=O)C(CC)Oc1ccc(F)cc1. The van der Waals surface area contributed by atoms with E-state index in [9.17, 15) is 9.18 Å². The van der Waals surface area contributed by atoms with Gasteiger partial charge in [0.15, 0.2) is 11.9 Å². The van der Waals surface area contributed by atoms with Crippen molar-refractivity contribution in [1.82, 2.24) is 0 Å². The van der Waals surface area contributed by atoms with E-state index in [0.717, 1.165) is 6.42 Å². The summed E-state index contributed by atoms with van der Waals surface area (Å²) in [4.78, 5) is 11.6. The molecule has 1 aromatic rings. The fourth-order valence-corrected chi connectivity index (χ4v) is 1.46. The van der Waals surface area contributed by atoms with Crippen LogP contribution in [-0.2, 0) is 4.79 Å². The van der Waals surface area contributed by atoms with Crippen LogP contribution in [0.5, 0.6) is 5.75 Å². The maximum atomic E-state index is 12.7. The average molecular weight is 224 g/mol. The zero-order valence-electron chi connectivity index (χ0n) is 9.70. The summed E-state index contributed by atoms with van der Waals surface area (Å²) in [7, 11) is 0. The highest BCUT2D eigenvalue weighted by molar-refractivity contribution is 5.83. The Bertz CT molecular complexity index is 332. The lowest BCUT2D eigenvalue weighted by atomic mass is 10.1. The topological polar surface area (TPSA) is 26.3 Å². The van der Waals surface area contributed by atoms with E-state index in [2.05, 4.69) is 0 Å². The predicted octanol–water partition coefficient (Wildman–Crippen LogP) is 3.35. The Balaban J connectivity index is 2.62. The molecule has 1 rings (SSSR count). The van der Waals surface area contributed by atoms with Crippen LogP contribution < -0.4 is 4.74 Å². The highest BCUT2D eigenvalue weighted by atomic mass is 19.1. The number of ketones is 1. The normalized spacial score (nSPS) is 12.2. The molecular formula is C13H17FO2. The first-order valence-corrected chi connectivity index (χ1v) is 5.62. The molecule has 0 heterocycles. The first-order valence-electron chi connectivity index (χ1n) is 5.62. The molecule has 0 saturated carbocycles. The van der Waals surface area contributed by atoms with Gasteiger partial charge in [-0.05, 0) is 37.1 Å². The standard InChI is InChI=1S/C13H17FO2/c1-3-5-12(15)13(4-2)16-11-8-6-10(14)7-9-11/h6-9,13H,3-5H2,1-2H3. The molecule has 0 saturated heterocycles. The van der Waals surface area contributed by atoms with E-state index in [1.165, 1.54) is 24.3 Å². The number of hydrogen-bond donors (Lipinski definition) is 0. The lowest BCUT2D eigenvalue weighted by Crippen LogP contribution is -2.26. The average Bonchev–Trinajstić information content (AvgIpc) is 2.28. The zero-order valence-corrected chi connectivity index (χ0v) is 9.70. The van der Waals surface area contributed by atoms with Crippen LogP contribution in [0.3, 0.4) is 0 Å². The summed E-state index contributed by atoms with van der Waals surface area (Å²) in [6.07, 6.45) is 1.57. The maximum Gasteiger partial charge on any atom is 0.173 e. The third-order valence-corrected chi connectivity index (χ3v) is 2.32. The molecule has 88 valence electrons. The molecule has 0 fully saturated rings. The smallest absolute Gasteiger partial charge is 0.173 e. The molecule has 0 aliphatic rings. The molecule has 1 aromatic carbocycles. The van der Waals surface area contributed by atoms with Crippen LogP contribution in [0.15, 0.2) is 24.3 Å². The minimum absolute atomic E-state index is 0.106. The molecule has 0 amide bonds. The summed E-state index contributed by atoms with van der Waals surface area (Å²) >= 11 is 0. The molecule has 0 spiro atoms. The van der Waals surface area contributed by atoms with Gasteiger partial charge in [0.25, 0.3) is 0 Å². The molecule has 1 atom stereocenters. The Kier molecular flexibility index (Phi) is 4.96. The van der Waals surface area contributed by atoms with Crippen molar-refractivity contribution >= 4 is 5.78 Å². The van der Waals surface area contributed by atoms with E-state index < -0.39 is 6.10 Å². The van der Waals surface area contributed by atoms with Gasteiger partial charge >= 0.3 is 0 Å². The van der Waals surface area contributed by atoms with Crippen molar-refractivity contribution in [2.24, 2.45) is 0 Å². The summed E-state index contributed by atoms with van der Waals surface area (Å²) in [5.74, 6) is 0.340. The van der Waals surface area contributed by atoms with E-state index in [1.807, 2.05) is 13.8 Å². The first-order chi connectivity index (χ1) is 7.67. The largest absolute Gasteiger partial charge is 0.483 e. The number of rotatable bonds is 6. The fourth-order valence-electron chi connectivity index (χ4n) is 1.46. The van der Waals surface area contributed by atoms with Gasteiger partial charge in [0.1, 0.15) is 11.6 Å². The molecule has 2 nitrogen and oxygen atoms in total. The van der Waals surface area contributed by atoms with Gasteiger partial charge in [0.05, 0.1) is 0 Å². The number of ether oxygens (including phenoxy) is 1. The van der Waals surface area contributed by atoms with Crippen LogP contribution in [0.1, 0.15) is 33.1 Å². The van der Waals surface area contributed by atoms with Gasteiger partial charge in [-0.25, -0.2) is 4.39 Å². The second-order valence-electron chi connectivity index (χ2n) is 3.68. The van der Waals surface area contributed by atoms with Gasteiger partial charge < -0.3 is 4.74 Å². The van der Waals surface area contributed by atoms with Crippen molar-refractivity contribution in [2.75, 3.05) is 0 Å². The van der Waals surface area contributed by atoms with Crippen molar-refractivity contribution in [3.05, 3.63) is 30.1 Å². The summed E-state index contributed by atoms with van der Waals surface area (Å²) < 4.78 is 18.2. The molecule has 0 bridgehead atoms. The fraction of sp³-hybridized carbons (Fsp3) is 0.462. The quantitative estimate of drug-likeness (QED) is 0.740. The Labute approximate surface area is 95.4 Å². The lowest BCUT2D eigenvalue weighted by Gasteiger charge is -2.15. The predicted molar refractivity (Wildman–Crippen MR) is 61.0 cm³/mol. The third-order valence-electron chi connectivity index (χ3n) is 2.32. The highest BCUT2D eigenvalue weighted by Gasteiger charge is 2.16. The zero-order chi connectivity index (χ0) is 12.0. The van der Waals surface area contributed by atoms with Crippen LogP contribution in [0, 0.1) is 5.82 Å². The van der Waals surface area contributed by atoms with E-state index in [-0.39, 0.29) is 11.6 Å². The minimum Gasteiger partial charge on any atom is -0.483 e. The van der Waals surface area contributed by atoms with Crippen molar-refractivity contribution < 1.29 is 13.9 Å². The molecule has 0 N–H and O–H groups in total. The van der Waals surface area contributed by atoms with Crippen molar-refractivity contribution in [3.63, 3.8) is 0 Å². The van der Waals surface area contributed by atoms with E-state index >= 15 is 0 Å². The monoisotopic (exact) mass is 224 g/mol. The van der Waals surface area contributed by atoms with E-state index in [1.54, 1.807) is 0 Å². The van der Waals surface area contributed by atoms with Gasteiger partial charge in [-0.2, -0.15) is 0 Å². The van der Waals surface area contributed by atoms with Gasteiger partial charge in [0, 0.05) is 6.42 Å². The Morgan fingerprint density at radius 3 is 2.44 bits per heavy atom. The summed E-state index contributed by atoms with van der Waals surface area (Å²) in [6, 6.07) is 5.73. The number of benzene rings is 1. The second-order valence-corrected chi connectivity index (χ2v) is 3.68. The summed E-state index contributed by atoms with van der Waals surface area (Å²) in [6.45, 7) is 3.87. The summed E-state index contributed by atoms with van der Waals surface area (Å²) in [5, 5.41) is 0. The molecular weight excluding hydrogens is 207 g/mol. The molecule has 0 aliphatic heterocycles. The van der Waals surface area contributed by atoms with Crippen LogP contribution in [0.25, 0.3) is 0 Å². The van der Waals surface area contributed by atoms with Crippen LogP contribution in [-0.4, -0.2) is 11.9 Å². The number of carbonyl (C=O) groups is 1. The molecule has 0 aliphatic carbocycles. The van der Waals surface area contributed by atoms with Gasteiger partial charge in [-0.1, -0.05) is 13.8 Å². The Hall–Kier alpha value is -1.38. The highest BCUT2D eigenvalue weighted by Crippen LogP contribution is 2.15. The molecule has 0 radical (unpaired) electrons. The summed E-state index contributed by atoms with van der Waals surface area (Å²) in [5.41, 5.74) is 0. The number of hydrogen-bond acceptors (Lipinski definition) is 2. The van der Waals surface area contributed by atoms with Gasteiger partial charge in [-0.3, -0.25) is 4.79 Å². The van der Waals surface area contributed by atoms with Gasteiger partial charge in [-0.15, -0.1) is 0 Å². The maximum absolute atomic E-state index is 12.7. The van der Waals surface area contributed by atoms with Crippen molar-refractivity contribution in [1.29, 1.82) is 0 Å². The molecule has 1 unspecified atom stereocenters. The Morgan fingerprint density at radius 1 is 1.31 bits per heavy atom. The minimum atomic E-state index is -0.412. The first kappa shape index (κ1) is 12.7. The van der Waals surface area contributed by atoms with Crippen LogP contribution in [0.2, 0.25) is 0 Å². The lowest BCUT2D eigenvalue weighted by molar-refractivity contribution is -0.125. The van der Waals surface area contributed by atoms with Crippen LogP contribution >= 0.6 is 0 Å². The van der Waals surface area contributed by atoms with E-state index in [4.69, 9.17) is 4.74 Å².